The summed E-state index contributed by atoms with van der Waals surface area (Å²) in [6, 6.07) is 4.92. The van der Waals surface area contributed by atoms with Gasteiger partial charge in [0.2, 0.25) is 0 Å². The molecule has 3 nitrogen and oxygen atoms in total. The SMILES string of the molecule is C#CCCCCN1C(=O)c2cccc(Cl)c2C1=O. The van der Waals surface area contributed by atoms with Crippen LogP contribution in [0.5, 0.6) is 0 Å². The number of amides is 2. The number of carbonyl (C=O) groups excluding carboxylic acids is 2. The van der Waals surface area contributed by atoms with Crippen molar-refractivity contribution in [1.29, 1.82) is 0 Å². The van der Waals surface area contributed by atoms with Gasteiger partial charge >= 0.3 is 0 Å². The minimum atomic E-state index is -0.304. The molecule has 1 aromatic carbocycles. The molecule has 0 bridgehead atoms. The van der Waals surface area contributed by atoms with Crippen molar-refractivity contribution in [3.05, 3.63) is 34.3 Å². The lowest BCUT2D eigenvalue weighted by molar-refractivity contribution is 0.0652. The van der Waals surface area contributed by atoms with Crippen molar-refractivity contribution in [1.82, 2.24) is 4.90 Å². The molecule has 1 aliphatic rings. The highest BCUT2D eigenvalue weighted by Gasteiger charge is 2.36. The number of fused-ring (bicyclic) bond motifs is 1. The lowest BCUT2D eigenvalue weighted by Crippen LogP contribution is -2.30. The number of rotatable bonds is 4. The topological polar surface area (TPSA) is 37.4 Å². The maximum atomic E-state index is 12.1. The van der Waals surface area contributed by atoms with Gasteiger partial charge in [-0.15, -0.1) is 12.3 Å². The molecule has 4 heteroatoms. The van der Waals surface area contributed by atoms with Crippen LogP contribution in [0.4, 0.5) is 0 Å². The molecule has 0 radical (unpaired) electrons. The molecular formula is C14H12ClNO2. The Morgan fingerprint density at radius 3 is 2.67 bits per heavy atom. The van der Waals surface area contributed by atoms with Crippen LogP contribution >= 0.6 is 11.6 Å². The van der Waals surface area contributed by atoms with Crippen LogP contribution in [0.2, 0.25) is 5.02 Å². The fourth-order valence-corrected chi connectivity index (χ4v) is 2.25. The van der Waals surface area contributed by atoms with Crippen molar-refractivity contribution in [3.63, 3.8) is 0 Å². The summed E-state index contributed by atoms with van der Waals surface area (Å²) in [5.74, 6) is 1.96. The molecule has 2 amide bonds. The molecule has 0 saturated heterocycles. The van der Waals surface area contributed by atoms with Gasteiger partial charge in [-0.2, -0.15) is 0 Å². The van der Waals surface area contributed by atoms with E-state index in [9.17, 15) is 9.59 Å². The van der Waals surface area contributed by atoms with Gasteiger partial charge in [-0.25, -0.2) is 0 Å². The molecule has 1 heterocycles. The van der Waals surface area contributed by atoms with Crippen molar-refractivity contribution in [2.75, 3.05) is 6.54 Å². The summed E-state index contributed by atoms with van der Waals surface area (Å²) in [6.45, 7) is 0.393. The van der Waals surface area contributed by atoms with E-state index in [1.54, 1.807) is 18.2 Å². The van der Waals surface area contributed by atoms with Crippen LogP contribution in [0, 0.1) is 12.3 Å². The monoisotopic (exact) mass is 261 g/mol. The zero-order valence-electron chi connectivity index (χ0n) is 9.78. The minimum absolute atomic E-state index is 0.266. The maximum absolute atomic E-state index is 12.1. The van der Waals surface area contributed by atoms with E-state index in [0.29, 0.717) is 35.5 Å². The lowest BCUT2D eigenvalue weighted by Gasteiger charge is -2.12. The van der Waals surface area contributed by atoms with E-state index >= 15 is 0 Å². The summed E-state index contributed by atoms with van der Waals surface area (Å²) in [6.07, 6.45) is 7.33. The summed E-state index contributed by atoms with van der Waals surface area (Å²) in [4.78, 5) is 25.3. The zero-order chi connectivity index (χ0) is 13.1. The van der Waals surface area contributed by atoms with Gasteiger partial charge in [-0.1, -0.05) is 17.7 Å². The average Bonchev–Trinajstić information content (AvgIpc) is 2.60. The second-order valence-corrected chi connectivity index (χ2v) is 4.49. The van der Waals surface area contributed by atoms with Crippen LogP contribution in [0.3, 0.4) is 0 Å². The third-order valence-corrected chi connectivity index (χ3v) is 3.22. The molecule has 0 saturated carbocycles. The Hall–Kier alpha value is -1.79. The lowest BCUT2D eigenvalue weighted by atomic mass is 10.1. The third kappa shape index (κ3) is 2.12. The number of hydrogen-bond acceptors (Lipinski definition) is 2. The van der Waals surface area contributed by atoms with Crippen molar-refractivity contribution in [2.45, 2.75) is 19.3 Å². The van der Waals surface area contributed by atoms with Gasteiger partial charge in [0.1, 0.15) is 0 Å². The summed E-state index contributed by atoms with van der Waals surface area (Å²) >= 11 is 5.95. The number of carbonyl (C=O) groups is 2. The first-order valence-electron chi connectivity index (χ1n) is 5.75. The molecule has 0 fully saturated rings. The molecule has 0 unspecified atom stereocenters. The summed E-state index contributed by atoms with van der Waals surface area (Å²) < 4.78 is 0. The van der Waals surface area contributed by atoms with Crippen LogP contribution in [-0.2, 0) is 0 Å². The third-order valence-electron chi connectivity index (χ3n) is 2.90. The number of imide groups is 1. The van der Waals surface area contributed by atoms with E-state index in [1.807, 2.05) is 0 Å². The zero-order valence-corrected chi connectivity index (χ0v) is 10.5. The molecular weight excluding hydrogens is 250 g/mol. The average molecular weight is 262 g/mol. The Bertz CT molecular complexity index is 545. The van der Waals surface area contributed by atoms with E-state index < -0.39 is 0 Å². The minimum Gasteiger partial charge on any atom is -0.274 e. The van der Waals surface area contributed by atoms with Gasteiger partial charge in [-0.3, -0.25) is 14.5 Å². The molecule has 0 aliphatic carbocycles. The Balaban J connectivity index is 2.14. The number of nitrogens with zero attached hydrogens (tertiary/aromatic N) is 1. The number of unbranched alkanes of at least 4 members (excludes halogenated alkanes) is 2. The van der Waals surface area contributed by atoms with Crippen LogP contribution in [0.15, 0.2) is 18.2 Å². The van der Waals surface area contributed by atoms with Crippen molar-refractivity contribution < 1.29 is 9.59 Å². The van der Waals surface area contributed by atoms with Gasteiger partial charge in [0, 0.05) is 13.0 Å². The normalized spacial score (nSPS) is 13.7. The van der Waals surface area contributed by atoms with E-state index in [-0.39, 0.29) is 11.8 Å². The molecule has 0 spiro atoms. The van der Waals surface area contributed by atoms with Crippen LogP contribution in [-0.4, -0.2) is 23.3 Å². The fourth-order valence-electron chi connectivity index (χ4n) is 1.99. The predicted molar refractivity (Wildman–Crippen MR) is 69.5 cm³/mol. The van der Waals surface area contributed by atoms with Crippen LogP contribution in [0.25, 0.3) is 0 Å². The van der Waals surface area contributed by atoms with Gasteiger partial charge in [0.15, 0.2) is 0 Å². The molecule has 1 aliphatic heterocycles. The molecule has 0 atom stereocenters. The molecule has 92 valence electrons. The summed E-state index contributed by atoms with van der Waals surface area (Å²) in [5.41, 5.74) is 0.713. The Morgan fingerprint density at radius 2 is 2.00 bits per heavy atom. The number of terminal acetylenes is 1. The molecule has 0 N–H and O–H groups in total. The van der Waals surface area contributed by atoms with Gasteiger partial charge in [0.25, 0.3) is 11.8 Å². The second kappa shape index (κ2) is 5.24. The predicted octanol–water partition coefficient (Wildman–Crippen LogP) is 2.74. The quantitative estimate of drug-likeness (QED) is 0.475. The van der Waals surface area contributed by atoms with E-state index in [1.165, 1.54) is 4.90 Å². The van der Waals surface area contributed by atoms with Gasteiger partial charge in [-0.05, 0) is 25.0 Å². The Morgan fingerprint density at radius 1 is 1.22 bits per heavy atom. The highest BCUT2D eigenvalue weighted by Crippen LogP contribution is 2.29. The standard InChI is InChI=1S/C14H12ClNO2/c1-2-3-4-5-9-16-13(17)10-7-6-8-11(15)12(10)14(16)18/h1,6-8H,3-5,9H2. The van der Waals surface area contributed by atoms with E-state index in [2.05, 4.69) is 5.92 Å². The molecule has 0 aromatic heterocycles. The van der Waals surface area contributed by atoms with Crippen molar-refractivity contribution >= 4 is 23.4 Å². The first-order chi connectivity index (χ1) is 8.66. The van der Waals surface area contributed by atoms with Gasteiger partial charge in [0.05, 0.1) is 16.1 Å². The number of halogens is 1. The Labute approximate surface area is 111 Å². The largest absolute Gasteiger partial charge is 0.274 e. The molecule has 18 heavy (non-hydrogen) atoms. The summed E-state index contributed by atoms with van der Waals surface area (Å²) in [7, 11) is 0. The fraction of sp³-hybridized carbons (Fsp3) is 0.286. The second-order valence-electron chi connectivity index (χ2n) is 4.09. The highest BCUT2D eigenvalue weighted by molar-refractivity contribution is 6.37. The van der Waals surface area contributed by atoms with E-state index in [0.717, 1.165) is 6.42 Å². The van der Waals surface area contributed by atoms with Crippen molar-refractivity contribution in [2.24, 2.45) is 0 Å². The van der Waals surface area contributed by atoms with Gasteiger partial charge < -0.3 is 0 Å². The molecule has 1 aromatic rings. The number of hydrogen-bond donors (Lipinski definition) is 0. The van der Waals surface area contributed by atoms with Crippen LogP contribution < -0.4 is 0 Å². The van der Waals surface area contributed by atoms with E-state index in [4.69, 9.17) is 18.0 Å². The summed E-state index contributed by atoms with van der Waals surface area (Å²) in [5, 5.41) is 0.331. The first kappa shape index (κ1) is 12.7. The molecule has 2 rings (SSSR count). The maximum Gasteiger partial charge on any atom is 0.263 e. The smallest absolute Gasteiger partial charge is 0.263 e. The Kier molecular flexibility index (Phi) is 3.69. The van der Waals surface area contributed by atoms with Crippen LogP contribution in [0.1, 0.15) is 40.0 Å². The highest BCUT2D eigenvalue weighted by atomic mass is 35.5. The number of benzene rings is 1. The van der Waals surface area contributed by atoms with Crippen molar-refractivity contribution in [3.8, 4) is 12.3 Å². The first-order valence-corrected chi connectivity index (χ1v) is 6.12.